The number of carbonyl (C=O) groups is 3. The number of hydrogen-bond donors (Lipinski definition) is 2. The SMILES string of the molecule is CN(C)S(=O)(=O)c1ccc(NC(=O)CN2C(=O)N[C@](C)(c3cccc4ccccc34)C2=O)cc1. The van der Waals surface area contributed by atoms with E-state index in [1.165, 1.54) is 38.4 Å². The first-order valence-electron chi connectivity index (χ1n) is 10.5. The topological polar surface area (TPSA) is 116 Å². The average molecular weight is 481 g/mol. The summed E-state index contributed by atoms with van der Waals surface area (Å²) in [7, 11) is -0.744. The van der Waals surface area contributed by atoms with Gasteiger partial charge in [-0.3, -0.25) is 14.5 Å². The molecule has 1 aliphatic rings. The van der Waals surface area contributed by atoms with E-state index in [9.17, 15) is 22.8 Å². The normalized spacial score (nSPS) is 18.4. The Morgan fingerprint density at radius 1 is 1.00 bits per heavy atom. The van der Waals surface area contributed by atoms with Crippen LogP contribution in [0.3, 0.4) is 0 Å². The van der Waals surface area contributed by atoms with E-state index in [2.05, 4.69) is 10.6 Å². The van der Waals surface area contributed by atoms with Gasteiger partial charge in [0.05, 0.1) is 4.90 Å². The molecule has 10 heteroatoms. The fourth-order valence-corrected chi connectivity index (χ4v) is 4.85. The number of anilines is 1. The number of fused-ring (bicyclic) bond motifs is 1. The van der Waals surface area contributed by atoms with Crippen LogP contribution in [0.25, 0.3) is 10.8 Å². The molecule has 0 radical (unpaired) electrons. The molecule has 1 atom stereocenters. The van der Waals surface area contributed by atoms with Crippen molar-refractivity contribution in [3.05, 3.63) is 72.3 Å². The van der Waals surface area contributed by atoms with Crippen molar-refractivity contribution in [2.24, 2.45) is 0 Å². The minimum absolute atomic E-state index is 0.0791. The van der Waals surface area contributed by atoms with E-state index >= 15 is 0 Å². The number of benzene rings is 3. The first-order valence-corrected chi connectivity index (χ1v) is 11.9. The first-order chi connectivity index (χ1) is 16.0. The molecule has 176 valence electrons. The minimum atomic E-state index is -3.60. The molecule has 0 aliphatic carbocycles. The molecule has 9 nitrogen and oxygen atoms in total. The molecule has 0 saturated carbocycles. The van der Waals surface area contributed by atoms with E-state index < -0.39 is 40.0 Å². The summed E-state index contributed by atoms with van der Waals surface area (Å²) in [5, 5.41) is 7.09. The van der Waals surface area contributed by atoms with E-state index in [4.69, 9.17) is 0 Å². The second kappa shape index (κ2) is 8.54. The molecule has 1 heterocycles. The molecular weight excluding hydrogens is 456 g/mol. The fraction of sp³-hybridized carbons (Fsp3) is 0.208. The second-order valence-corrected chi connectivity index (χ2v) is 10.5. The number of nitrogens with one attached hydrogen (secondary N) is 2. The maximum Gasteiger partial charge on any atom is 0.325 e. The maximum atomic E-state index is 13.3. The Morgan fingerprint density at radius 3 is 2.32 bits per heavy atom. The number of imide groups is 1. The summed E-state index contributed by atoms with van der Waals surface area (Å²) in [4.78, 5) is 39.5. The number of sulfonamides is 1. The molecule has 3 aromatic rings. The van der Waals surface area contributed by atoms with Crippen molar-refractivity contribution in [2.75, 3.05) is 26.0 Å². The van der Waals surface area contributed by atoms with Gasteiger partial charge < -0.3 is 10.6 Å². The van der Waals surface area contributed by atoms with Gasteiger partial charge in [0.25, 0.3) is 5.91 Å². The number of amides is 4. The Balaban J connectivity index is 1.51. The van der Waals surface area contributed by atoms with Crippen LogP contribution in [0.4, 0.5) is 10.5 Å². The van der Waals surface area contributed by atoms with E-state index in [-0.39, 0.29) is 4.90 Å². The van der Waals surface area contributed by atoms with E-state index in [1.807, 2.05) is 36.4 Å². The van der Waals surface area contributed by atoms with Crippen molar-refractivity contribution < 1.29 is 22.8 Å². The predicted molar refractivity (Wildman–Crippen MR) is 127 cm³/mol. The Labute approximate surface area is 197 Å². The summed E-state index contributed by atoms with van der Waals surface area (Å²) in [6, 6.07) is 18.0. The van der Waals surface area contributed by atoms with Gasteiger partial charge in [-0.2, -0.15) is 0 Å². The summed E-state index contributed by atoms with van der Waals surface area (Å²) in [6.45, 7) is 1.14. The van der Waals surface area contributed by atoms with Crippen molar-refractivity contribution in [1.82, 2.24) is 14.5 Å². The zero-order chi connectivity index (χ0) is 24.7. The maximum absolute atomic E-state index is 13.3. The standard InChI is InChI=1S/C24H24N4O5S/c1-24(20-10-6-8-16-7-4-5-9-19(16)20)22(30)28(23(31)26-24)15-21(29)25-17-11-13-18(14-12-17)34(32,33)27(2)3/h4-14H,15H2,1-3H3,(H,25,29)(H,26,31)/t24-/m1/s1. The molecule has 1 aliphatic heterocycles. The van der Waals surface area contributed by atoms with Crippen molar-refractivity contribution in [3.63, 3.8) is 0 Å². The van der Waals surface area contributed by atoms with Gasteiger partial charge in [-0.15, -0.1) is 0 Å². The Hall–Kier alpha value is -3.76. The summed E-state index contributed by atoms with van der Waals surface area (Å²) >= 11 is 0. The van der Waals surface area contributed by atoms with Crippen LogP contribution in [-0.2, 0) is 25.2 Å². The highest BCUT2D eigenvalue weighted by molar-refractivity contribution is 7.89. The summed E-state index contributed by atoms with van der Waals surface area (Å²) in [5.74, 6) is -1.12. The van der Waals surface area contributed by atoms with Gasteiger partial charge in [-0.25, -0.2) is 17.5 Å². The lowest BCUT2D eigenvalue weighted by Crippen LogP contribution is -2.42. The Kier molecular flexibility index (Phi) is 5.88. The molecule has 4 rings (SSSR count). The zero-order valence-electron chi connectivity index (χ0n) is 18.9. The molecule has 2 N–H and O–H groups in total. The lowest BCUT2D eigenvalue weighted by atomic mass is 9.88. The van der Waals surface area contributed by atoms with Crippen LogP contribution >= 0.6 is 0 Å². The lowest BCUT2D eigenvalue weighted by Gasteiger charge is -2.24. The van der Waals surface area contributed by atoms with Gasteiger partial charge >= 0.3 is 6.03 Å². The van der Waals surface area contributed by atoms with Gasteiger partial charge in [0.2, 0.25) is 15.9 Å². The molecule has 0 bridgehead atoms. The van der Waals surface area contributed by atoms with Crippen molar-refractivity contribution in [1.29, 1.82) is 0 Å². The third kappa shape index (κ3) is 4.02. The molecule has 0 spiro atoms. The van der Waals surface area contributed by atoms with Crippen LogP contribution in [0.1, 0.15) is 12.5 Å². The largest absolute Gasteiger partial charge is 0.325 e. The molecule has 1 fully saturated rings. The van der Waals surface area contributed by atoms with Crippen LogP contribution in [0.15, 0.2) is 71.6 Å². The Bertz CT molecular complexity index is 1400. The number of rotatable bonds is 6. The summed E-state index contributed by atoms with van der Waals surface area (Å²) in [6.07, 6.45) is 0. The van der Waals surface area contributed by atoms with E-state index in [0.717, 1.165) is 20.0 Å². The number of urea groups is 1. The van der Waals surface area contributed by atoms with Crippen LogP contribution < -0.4 is 10.6 Å². The monoisotopic (exact) mass is 480 g/mol. The van der Waals surface area contributed by atoms with Gasteiger partial charge in [0.1, 0.15) is 12.1 Å². The van der Waals surface area contributed by atoms with Crippen molar-refractivity contribution in [2.45, 2.75) is 17.4 Å². The van der Waals surface area contributed by atoms with E-state index in [1.54, 1.807) is 13.0 Å². The molecule has 1 saturated heterocycles. The van der Waals surface area contributed by atoms with Gasteiger partial charge in [0, 0.05) is 19.8 Å². The quantitative estimate of drug-likeness (QED) is 0.526. The zero-order valence-corrected chi connectivity index (χ0v) is 19.7. The van der Waals surface area contributed by atoms with Gasteiger partial charge in [0.15, 0.2) is 0 Å². The third-order valence-corrected chi connectivity index (χ3v) is 7.65. The van der Waals surface area contributed by atoms with Crippen LogP contribution in [-0.4, -0.2) is 56.1 Å². The van der Waals surface area contributed by atoms with Crippen LogP contribution in [0.5, 0.6) is 0 Å². The Morgan fingerprint density at radius 2 is 1.65 bits per heavy atom. The minimum Gasteiger partial charge on any atom is -0.325 e. The lowest BCUT2D eigenvalue weighted by molar-refractivity contribution is -0.133. The molecule has 0 unspecified atom stereocenters. The van der Waals surface area contributed by atoms with Crippen molar-refractivity contribution >= 4 is 44.3 Å². The number of nitrogens with zero attached hydrogens (tertiary/aromatic N) is 2. The van der Waals surface area contributed by atoms with Crippen molar-refractivity contribution in [3.8, 4) is 0 Å². The molecule has 3 aromatic carbocycles. The highest BCUT2D eigenvalue weighted by atomic mass is 32.2. The van der Waals surface area contributed by atoms with Gasteiger partial charge in [-0.05, 0) is 47.5 Å². The summed E-state index contributed by atoms with van der Waals surface area (Å²) < 4.78 is 25.4. The average Bonchev–Trinajstić information content (AvgIpc) is 3.02. The fourth-order valence-electron chi connectivity index (χ4n) is 3.95. The van der Waals surface area contributed by atoms with Gasteiger partial charge in [-0.1, -0.05) is 42.5 Å². The highest BCUT2D eigenvalue weighted by Gasteiger charge is 2.50. The highest BCUT2D eigenvalue weighted by Crippen LogP contribution is 2.33. The van der Waals surface area contributed by atoms with E-state index in [0.29, 0.717) is 11.3 Å². The van der Waals surface area contributed by atoms with Crippen LogP contribution in [0, 0.1) is 0 Å². The van der Waals surface area contributed by atoms with Crippen LogP contribution in [0.2, 0.25) is 0 Å². The molecule has 34 heavy (non-hydrogen) atoms. The third-order valence-electron chi connectivity index (χ3n) is 5.82. The number of carbonyl (C=O) groups excluding carboxylic acids is 3. The molecular formula is C24H24N4O5S. The smallest absolute Gasteiger partial charge is 0.325 e. The first kappa shape index (κ1) is 23.4. The second-order valence-electron chi connectivity index (χ2n) is 8.33. The number of hydrogen-bond acceptors (Lipinski definition) is 5. The molecule has 0 aromatic heterocycles. The molecule has 4 amide bonds. The summed E-state index contributed by atoms with van der Waals surface area (Å²) in [5.41, 5.74) is -0.337. The predicted octanol–water partition coefficient (Wildman–Crippen LogP) is 2.50.